The molecule has 1 aliphatic rings. The molecule has 1 aromatic rings. The van der Waals surface area contributed by atoms with Crippen molar-refractivity contribution < 1.29 is 8.42 Å². The summed E-state index contributed by atoms with van der Waals surface area (Å²) in [6.45, 7) is 0.420. The lowest BCUT2D eigenvalue weighted by Gasteiger charge is -2.25. The van der Waals surface area contributed by atoms with Crippen LogP contribution in [0.5, 0.6) is 0 Å². The van der Waals surface area contributed by atoms with Crippen molar-refractivity contribution in [3.8, 4) is 0 Å². The largest absolute Gasteiger partial charge is 0.326 e. The third-order valence-corrected chi connectivity index (χ3v) is 4.93. The van der Waals surface area contributed by atoms with Gasteiger partial charge in [-0.2, -0.15) is 0 Å². The Balaban J connectivity index is 2.00. The second-order valence-electron chi connectivity index (χ2n) is 4.50. The molecule has 1 aromatic heterocycles. The summed E-state index contributed by atoms with van der Waals surface area (Å²) in [5.41, 5.74) is -0.495. The van der Waals surface area contributed by atoms with Crippen molar-refractivity contribution in [3.63, 3.8) is 0 Å². The number of aromatic nitrogens is 1. The molecule has 2 N–H and O–H groups in total. The first-order valence-corrected chi connectivity index (χ1v) is 7.73. The van der Waals surface area contributed by atoms with Gasteiger partial charge in [0.2, 0.25) is 10.0 Å². The van der Waals surface area contributed by atoms with Crippen LogP contribution < -0.4 is 10.3 Å². The fourth-order valence-corrected chi connectivity index (χ4v) is 3.13. The van der Waals surface area contributed by atoms with Gasteiger partial charge in [0.05, 0.1) is 4.90 Å². The lowest BCUT2D eigenvalue weighted by molar-refractivity contribution is 0.297. The number of halogens is 1. The van der Waals surface area contributed by atoms with Gasteiger partial charge >= 0.3 is 0 Å². The van der Waals surface area contributed by atoms with Crippen LogP contribution in [-0.4, -0.2) is 19.9 Å². The zero-order chi connectivity index (χ0) is 13.2. The summed E-state index contributed by atoms with van der Waals surface area (Å²) in [5, 5.41) is -0.128. The van der Waals surface area contributed by atoms with Crippen LogP contribution in [-0.2, 0) is 10.0 Å². The minimum Gasteiger partial charge on any atom is -0.326 e. The standard InChI is InChI=1S/C11H15ClN2O3S/c12-10-6-9(7-13-11(10)15)18(16,17)14-5-4-8-2-1-3-8/h6-8,14H,1-5H2,(H,13,15). The van der Waals surface area contributed by atoms with E-state index in [1.54, 1.807) is 0 Å². The molecular weight excluding hydrogens is 276 g/mol. The van der Waals surface area contributed by atoms with Crippen LogP contribution in [0.4, 0.5) is 0 Å². The van der Waals surface area contributed by atoms with Gasteiger partial charge < -0.3 is 4.98 Å². The second kappa shape index (κ2) is 5.42. The molecule has 0 radical (unpaired) electrons. The monoisotopic (exact) mass is 290 g/mol. The molecule has 18 heavy (non-hydrogen) atoms. The summed E-state index contributed by atoms with van der Waals surface area (Å²) in [7, 11) is -3.58. The van der Waals surface area contributed by atoms with E-state index in [0.29, 0.717) is 12.5 Å². The average molecular weight is 291 g/mol. The highest BCUT2D eigenvalue weighted by molar-refractivity contribution is 7.89. The van der Waals surface area contributed by atoms with Gasteiger partial charge in [-0.15, -0.1) is 0 Å². The Bertz CT molecular complexity index is 578. The molecule has 0 bridgehead atoms. The SMILES string of the molecule is O=c1[nH]cc(S(=O)(=O)NCCC2CCC2)cc1Cl. The number of pyridine rings is 1. The number of aromatic amines is 1. The number of nitrogens with one attached hydrogen (secondary N) is 2. The van der Waals surface area contributed by atoms with E-state index in [1.165, 1.54) is 19.3 Å². The molecule has 1 fully saturated rings. The van der Waals surface area contributed by atoms with Gasteiger partial charge in [0.15, 0.2) is 0 Å². The summed E-state index contributed by atoms with van der Waals surface area (Å²) in [5.74, 6) is 0.645. The van der Waals surface area contributed by atoms with E-state index in [0.717, 1.165) is 18.7 Å². The smallest absolute Gasteiger partial charge is 0.266 e. The zero-order valence-electron chi connectivity index (χ0n) is 9.78. The molecule has 1 aliphatic carbocycles. The normalized spacial score (nSPS) is 16.5. The number of rotatable bonds is 5. The van der Waals surface area contributed by atoms with Crippen molar-refractivity contribution >= 4 is 21.6 Å². The molecule has 0 saturated heterocycles. The Hall–Kier alpha value is -0.850. The second-order valence-corrected chi connectivity index (χ2v) is 6.67. The first kappa shape index (κ1) is 13.6. The van der Waals surface area contributed by atoms with Gasteiger partial charge in [-0.1, -0.05) is 30.9 Å². The molecule has 2 rings (SSSR count). The number of hydrogen-bond donors (Lipinski definition) is 2. The van der Waals surface area contributed by atoms with Gasteiger partial charge in [-0.3, -0.25) is 4.79 Å². The van der Waals surface area contributed by atoms with Crippen LogP contribution in [0.15, 0.2) is 22.0 Å². The summed E-state index contributed by atoms with van der Waals surface area (Å²) in [6.07, 6.45) is 5.63. The Labute approximate surface area is 111 Å². The van der Waals surface area contributed by atoms with E-state index < -0.39 is 15.6 Å². The highest BCUT2D eigenvalue weighted by atomic mass is 35.5. The minimum atomic E-state index is -3.58. The third-order valence-electron chi connectivity index (χ3n) is 3.21. The summed E-state index contributed by atoms with van der Waals surface area (Å²) < 4.78 is 26.3. The molecule has 7 heteroatoms. The highest BCUT2D eigenvalue weighted by Gasteiger charge is 2.19. The fraction of sp³-hybridized carbons (Fsp3) is 0.545. The number of H-pyrrole nitrogens is 1. The molecule has 0 amide bonds. The average Bonchev–Trinajstić information content (AvgIpc) is 2.25. The summed E-state index contributed by atoms with van der Waals surface area (Å²) in [4.78, 5) is 13.3. The van der Waals surface area contributed by atoms with Gasteiger partial charge in [-0.25, -0.2) is 13.1 Å². The summed E-state index contributed by atoms with van der Waals surface area (Å²) >= 11 is 5.60. The van der Waals surface area contributed by atoms with E-state index in [9.17, 15) is 13.2 Å². The Morgan fingerprint density at radius 2 is 2.17 bits per heavy atom. The van der Waals surface area contributed by atoms with Crippen LogP contribution in [0.3, 0.4) is 0 Å². The topological polar surface area (TPSA) is 79.0 Å². The van der Waals surface area contributed by atoms with Gasteiger partial charge in [0.25, 0.3) is 5.56 Å². The van der Waals surface area contributed by atoms with Crippen molar-refractivity contribution in [3.05, 3.63) is 27.6 Å². The number of sulfonamides is 1. The van der Waals surface area contributed by atoms with Gasteiger partial charge in [0, 0.05) is 12.7 Å². The molecule has 0 aromatic carbocycles. The molecule has 1 heterocycles. The van der Waals surface area contributed by atoms with Crippen molar-refractivity contribution in [1.29, 1.82) is 0 Å². The predicted molar refractivity (Wildman–Crippen MR) is 69.2 cm³/mol. The van der Waals surface area contributed by atoms with Crippen molar-refractivity contribution in [2.24, 2.45) is 5.92 Å². The van der Waals surface area contributed by atoms with Crippen LogP contribution in [0.2, 0.25) is 5.02 Å². The molecule has 0 unspecified atom stereocenters. The molecular formula is C11H15ClN2O3S. The van der Waals surface area contributed by atoms with E-state index in [2.05, 4.69) is 9.71 Å². The molecule has 0 aliphatic heterocycles. The van der Waals surface area contributed by atoms with E-state index in [4.69, 9.17) is 11.6 Å². The molecule has 1 saturated carbocycles. The third kappa shape index (κ3) is 3.13. The van der Waals surface area contributed by atoms with Crippen LogP contribution in [0, 0.1) is 5.92 Å². The van der Waals surface area contributed by atoms with Crippen molar-refractivity contribution in [1.82, 2.24) is 9.71 Å². The summed E-state index contributed by atoms with van der Waals surface area (Å²) in [6, 6.07) is 1.16. The van der Waals surface area contributed by atoms with E-state index >= 15 is 0 Å². The lowest BCUT2D eigenvalue weighted by atomic mass is 9.83. The lowest BCUT2D eigenvalue weighted by Crippen LogP contribution is -2.28. The van der Waals surface area contributed by atoms with Crippen LogP contribution >= 0.6 is 11.6 Å². The zero-order valence-corrected chi connectivity index (χ0v) is 11.4. The highest BCUT2D eigenvalue weighted by Crippen LogP contribution is 2.28. The van der Waals surface area contributed by atoms with Crippen LogP contribution in [0.25, 0.3) is 0 Å². The number of hydrogen-bond acceptors (Lipinski definition) is 3. The minimum absolute atomic E-state index is 0.0132. The van der Waals surface area contributed by atoms with Crippen molar-refractivity contribution in [2.75, 3.05) is 6.54 Å². The quantitative estimate of drug-likeness (QED) is 0.862. The maximum atomic E-state index is 11.9. The van der Waals surface area contributed by atoms with Crippen LogP contribution in [0.1, 0.15) is 25.7 Å². The first-order chi connectivity index (χ1) is 8.49. The molecule has 0 spiro atoms. The Morgan fingerprint density at radius 3 is 2.72 bits per heavy atom. The predicted octanol–water partition coefficient (Wildman–Crippen LogP) is 1.50. The Morgan fingerprint density at radius 1 is 1.44 bits per heavy atom. The maximum absolute atomic E-state index is 11.9. The van der Waals surface area contributed by atoms with E-state index in [-0.39, 0.29) is 9.92 Å². The van der Waals surface area contributed by atoms with Gasteiger partial charge in [-0.05, 0) is 18.4 Å². The van der Waals surface area contributed by atoms with E-state index in [1.807, 2.05) is 0 Å². The molecule has 0 atom stereocenters. The molecule has 5 nitrogen and oxygen atoms in total. The first-order valence-electron chi connectivity index (χ1n) is 5.87. The van der Waals surface area contributed by atoms with Crippen molar-refractivity contribution in [2.45, 2.75) is 30.6 Å². The Kier molecular flexibility index (Phi) is 4.09. The maximum Gasteiger partial charge on any atom is 0.266 e. The fourth-order valence-electron chi connectivity index (χ4n) is 1.86. The van der Waals surface area contributed by atoms with Gasteiger partial charge in [0.1, 0.15) is 5.02 Å². The molecule has 100 valence electrons.